The Morgan fingerprint density at radius 3 is 1.31 bits per heavy atom. The van der Waals surface area contributed by atoms with Crippen LogP contribution in [0, 0.1) is 13.8 Å². The molecule has 52 heavy (non-hydrogen) atoms. The molecule has 0 aliphatic heterocycles. The molecule has 0 amide bonds. The highest BCUT2D eigenvalue weighted by molar-refractivity contribution is 9.11. The van der Waals surface area contributed by atoms with Gasteiger partial charge in [0.25, 0.3) is 0 Å². The fourth-order valence-corrected chi connectivity index (χ4v) is 7.61. The summed E-state index contributed by atoms with van der Waals surface area (Å²) in [6.45, 7) is 10.2. The monoisotopic (exact) mass is 834 g/mol. The molecule has 1 aromatic heterocycles. The zero-order valence-corrected chi connectivity index (χ0v) is 35.8. The first-order valence-corrected chi connectivity index (χ1v) is 22.1. The number of hydrogen-bond donors (Lipinski definition) is 0. The van der Waals surface area contributed by atoms with Gasteiger partial charge in [0.1, 0.15) is 11.0 Å². The van der Waals surface area contributed by atoms with Crippen LogP contribution in [0.1, 0.15) is 153 Å². The van der Waals surface area contributed by atoms with Crippen molar-refractivity contribution in [3.05, 3.63) is 68.6 Å². The number of nitrogens with zero attached hydrogens (tertiary/aromatic N) is 2. The van der Waals surface area contributed by atoms with Crippen molar-refractivity contribution < 1.29 is 9.47 Å². The van der Waals surface area contributed by atoms with Crippen molar-refractivity contribution in [3.63, 3.8) is 0 Å². The molecule has 0 aliphatic rings. The minimum Gasteiger partial charge on any atom is -0.490 e. The van der Waals surface area contributed by atoms with E-state index in [4.69, 9.17) is 19.4 Å². The van der Waals surface area contributed by atoms with E-state index in [0.29, 0.717) is 13.2 Å². The Morgan fingerprint density at radius 2 is 0.846 bits per heavy atom. The lowest BCUT2D eigenvalue weighted by molar-refractivity contribution is 0.258. The number of benzene rings is 3. The molecule has 0 fully saturated rings. The summed E-state index contributed by atoms with van der Waals surface area (Å²) >= 11 is 7.48. The average molecular weight is 837 g/mol. The number of ether oxygens (including phenoxy) is 2. The Kier molecular flexibility index (Phi) is 19.6. The van der Waals surface area contributed by atoms with Crippen molar-refractivity contribution in [1.82, 2.24) is 9.97 Å². The Hall–Kier alpha value is -2.44. The fourth-order valence-electron chi connectivity index (χ4n) is 6.79. The lowest BCUT2D eigenvalue weighted by Gasteiger charge is -2.17. The summed E-state index contributed by atoms with van der Waals surface area (Å²) in [5.41, 5.74) is 7.86. The molecule has 0 saturated heterocycles. The molecule has 0 unspecified atom stereocenters. The zero-order chi connectivity index (χ0) is 37.0. The van der Waals surface area contributed by atoms with E-state index in [1.54, 1.807) is 0 Å². The molecule has 1 heterocycles. The maximum atomic E-state index is 6.54. The van der Waals surface area contributed by atoms with E-state index in [1.165, 1.54) is 127 Å². The van der Waals surface area contributed by atoms with E-state index < -0.39 is 0 Å². The van der Waals surface area contributed by atoms with Gasteiger partial charge in [-0.25, -0.2) is 9.97 Å². The lowest BCUT2D eigenvalue weighted by Crippen LogP contribution is -2.04. The largest absolute Gasteiger partial charge is 0.490 e. The van der Waals surface area contributed by atoms with E-state index in [-0.39, 0.29) is 0 Å². The number of aryl methyl sites for hydroxylation is 2. The summed E-state index contributed by atoms with van der Waals surface area (Å²) in [4.78, 5) is 10.5. The van der Waals surface area contributed by atoms with Crippen LogP contribution in [0.5, 0.6) is 11.5 Å². The van der Waals surface area contributed by atoms with Crippen molar-refractivity contribution in [1.29, 1.82) is 0 Å². The van der Waals surface area contributed by atoms with Gasteiger partial charge in [-0.3, -0.25) is 0 Å². The third kappa shape index (κ3) is 13.8. The van der Waals surface area contributed by atoms with Crippen LogP contribution in [0.4, 0.5) is 0 Å². The van der Waals surface area contributed by atoms with Crippen LogP contribution in [-0.4, -0.2) is 23.2 Å². The molecule has 4 aromatic rings. The number of aromatic nitrogens is 2. The van der Waals surface area contributed by atoms with Crippen LogP contribution in [-0.2, 0) is 0 Å². The first kappa shape index (κ1) is 42.3. The summed E-state index contributed by atoms with van der Waals surface area (Å²) in [5.74, 6) is 1.61. The van der Waals surface area contributed by atoms with E-state index in [0.717, 1.165) is 66.8 Å². The molecule has 3 aromatic carbocycles. The van der Waals surface area contributed by atoms with Gasteiger partial charge in [-0.15, -0.1) is 0 Å². The number of unbranched alkanes of at least 4 members (excludes halogenated alkanes) is 18. The second kappa shape index (κ2) is 24.1. The van der Waals surface area contributed by atoms with Crippen molar-refractivity contribution in [2.45, 2.75) is 156 Å². The maximum Gasteiger partial charge on any atom is 0.161 e. The molecule has 0 radical (unpaired) electrons. The Balaban J connectivity index is 1.48. The lowest BCUT2D eigenvalue weighted by atomic mass is 9.99. The molecular weight excluding hydrogens is 772 g/mol. The van der Waals surface area contributed by atoms with Gasteiger partial charge in [0.05, 0.1) is 24.6 Å². The number of rotatable bonds is 26. The summed E-state index contributed by atoms with van der Waals surface area (Å²) in [6, 6.07) is 16.9. The Bertz CT molecular complexity index is 1640. The van der Waals surface area contributed by atoms with Gasteiger partial charge in [0.2, 0.25) is 0 Å². The first-order valence-electron chi connectivity index (χ1n) is 20.6. The van der Waals surface area contributed by atoms with E-state index in [1.807, 2.05) is 12.1 Å². The van der Waals surface area contributed by atoms with Crippen LogP contribution in [0.15, 0.2) is 57.5 Å². The van der Waals surface area contributed by atoms with Crippen LogP contribution >= 0.6 is 31.9 Å². The minimum absolute atomic E-state index is 0.681. The first-order chi connectivity index (χ1) is 25.4. The standard InChI is InChI=1S/C46H64Br2N2O2/c1-5-7-9-11-13-15-17-19-21-23-31-51-41-30-27-38(34-42(41)52-32-24-22-20-18-16-14-12-10-8-6-2)44-43(37-26-25-35(3)36(4)33-37)49-45-39(47)28-29-40(48)46(45)50-44/h25-30,33-34H,5-24,31-32H2,1-4H3. The van der Waals surface area contributed by atoms with Crippen molar-refractivity contribution in [2.75, 3.05) is 13.2 Å². The molecule has 0 atom stereocenters. The highest BCUT2D eigenvalue weighted by Gasteiger charge is 2.19. The van der Waals surface area contributed by atoms with Gasteiger partial charge < -0.3 is 9.47 Å². The van der Waals surface area contributed by atoms with Gasteiger partial charge in [0.15, 0.2) is 11.5 Å². The molecule has 0 spiro atoms. The normalized spacial score (nSPS) is 11.4. The number of fused-ring (bicyclic) bond motifs is 1. The summed E-state index contributed by atoms with van der Waals surface area (Å²) in [5, 5.41) is 0. The van der Waals surface area contributed by atoms with Crippen molar-refractivity contribution in [3.8, 4) is 34.0 Å². The third-order valence-electron chi connectivity index (χ3n) is 10.2. The van der Waals surface area contributed by atoms with Crippen LogP contribution in [0.2, 0.25) is 0 Å². The predicted octanol–water partition coefficient (Wildman–Crippen LogP) is 15.7. The molecule has 6 heteroatoms. The van der Waals surface area contributed by atoms with Crippen LogP contribution < -0.4 is 9.47 Å². The molecular formula is C46H64Br2N2O2. The third-order valence-corrected chi connectivity index (χ3v) is 11.5. The highest BCUT2D eigenvalue weighted by atomic mass is 79.9. The molecule has 4 nitrogen and oxygen atoms in total. The molecule has 0 N–H and O–H groups in total. The predicted molar refractivity (Wildman–Crippen MR) is 230 cm³/mol. The van der Waals surface area contributed by atoms with Gasteiger partial charge in [-0.2, -0.15) is 0 Å². The smallest absolute Gasteiger partial charge is 0.161 e. The average Bonchev–Trinajstić information content (AvgIpc) is 3.15. The molecule has 0 bridgehead atoms. The SMILES string of the molecule is CCCCCCCCCCCCOc1ccc(-c2nc3c(Br)ccc(Br)c3nc2-c2ccc(C)c(C)c2)cc1OCCCCCCCCCCCC. The second-order valence-electron chi connectivity index (χ2n) is 14.7. The van der Waals surface area contributed by atoms with Crippen LogP contribution in [0.3, 0.4) is 0 Å². The van der Waals surface area contributed by atoms with Gasteiger partial charge in [0, 0.05) is 20.1 Å². The molecule has 284 valence electrons. The summed E-state index contributed by atoms with van der Waals surface area (Å²) < 4.78 is 14.8. The van der Waals surface area contributed by atoms with E-state index >= 15 is 0 Å². The topological polar surface area (TPSA) is 44.2 Å². The molecule has 0 aliphatic carbocycles. The van der Waals surface area contributed by atoms with E-state index in [2.05, 4.69) is 96.0 Å². The van der Waals surface area contributed by atoms with Gasteiger partial charge >= 0.3 is 0 Å². The highest BCUT2D eigenvalue weighted by Crippen LogP contribution is 2.39. The van der Waals surface area contributed by atoms with Crippen molar-refractivity contribution in [2.24, 2.45) is 0 Å². The minimum atomic E-state index is 0.681. The molecule has 0 saturated carbocycles. The number of halogens is 2. The fraction of sp³-hybridized carbons (Fsp3) is 0.565. The number of hydrogen-bond acceptors (Lipinski definition) is 4. The van der Waals surface area contributed by atoms with Gasteiger partial charge in [-0.1, -0.05) is 142 Å². The van der Waals surface area contributed by atoms with Crippen molar-refractivity contribution >= 4 is 42.9 Å². The van der Waals surface area contributed by atoms with E-state index in [9.17, 15) is 0 Å². The summed E-state index contributed by atoms with van der Waals surface area (Å²) in [6.07, 6.45) is 26.1. The Labute approximate surface area is 332 Å². The van der Waals surface area contributed by atoms with Crippen LogP contribution in [0.25, 0.3) is 33.5 Å². The zero-order valence-electron chi connectivity index (χ0n) is 32.6. The van der Waals surface area contributed by atoms with Gasteiger partial charge in [-0.05, 0) is 106 Å². The Morgan fingerprint density at radius 1 is 0.442 bits per heavy atom. The molecule has 4 rings (SSSR count). The second-order valence-corrected chi connectivity index (χ2v) is 16.4. The maximum absolute atomic E-state index is 6.54. The quantitative estimate of drug-likeness (QED) is 0.0591. The summed E-state index contributed by atoms with van der Waals surface area (Å²) in [7, 11) is 0.